The Balaban J connectivity index is 1.92. The molecule has 4 heteroatoms. The second-order valence-electron chi connectivity index (χ2n) is 4.99. The molecule has 1 heterocycles. The minimum Gasteiger partial charge on any atom is -0.310 e. The molecule has 3 nitrogen and oxygen atoms in total. The quantitative estimate of drug-likeness (QED) is 0.718. The second kappa shape index (κ2) is 6.12. The lowest BCUT2D eigenvalue weighted by Crippen LogP contribution is -2.27. The molecule has 0 unspecified atom stereocenters. The molecule has 0 spiro atoms. The molecule has 2 aromatic carbocycles. The largest absolute Gasteiger partial charge is 0.310 e. The van der Waals surface area contributed by atoms with Crippen LogP contribution in [0.1, 0.15) is 15.4 Å². The van der Waals surface area contributed by atoms with Crippen LogP contribution in [-0.4, -0.2) is 17.9 Å². The summed E-state index contributed by atoms with van der Waals surface area (Å²) < 4.78 is 0. The number of aryl methyl sites for hydroxylation is 1. The number of amides is 1. The number of hydrogen-bond acceptors (Lipinski definition) is 3. The average molecular weight is 308 g/mol. The van der Waals surface area contributed by atoms with E-state index in [1.165, 1.54) is 0 Å². The van der Waals surface area contributed by atoms with Gasteiger partial charge in [-0.25, -0.2) is 4.98 Å². The smallest absolute Gasteiger partial charge is 0.277 e. The lowest BCUT2D eigenvalue weighted by molar-refractivity contribution is 0.0988. The van der Waals surface area contributed by atoms with Crippen LogP contribution in [-0.2, 0) is 0 Å². The number of nitrogens with zero attached hydrogens (tertiary/aromatic N) is 2. The standard InChI is InChI=1S/C18H16N2OS/c1-13-16(18(21)20(2)15-11-7-4-8-12-15)19-17(22-13)14-9-5-3-6-10-14/h3-12H,1-2H3. The number of anilines is 1. The van der Waals surface area contributed by atoms with Gasteiger partial charge in [-0.1, -0.05) is 48.5 Å². The molecule has 0 aliphatic heterocycles. The first-order valence-corrected chi connectivity index (χ1v) is 7.84. The summed E-state index contributed by atoms with van der Waals surface area (Å²) in [7, 11) is 1.78. The molecule has 3 aromatic rings. The maximum atomic E-state index is 12.7. The number of hydrogen-bond donors (Lipinski definition) is 0. The number of thiazole rings is 1. The fraction of sp³-hybridized carbons (Fsp3) is 0.111. The molecular formula is C18H16N2OS. The number of benzene rings is 2. The van der Waals surface area contributed by atoms with Gasteiger partial charge < -0.3 is 4.90 Å². The average Bonchev–Trinajstić information content (AvgIpc) is 2.97. The summed E-state index contributed by atoms with van der Waals surface area (Å²) in [6, 6.07) is 19.5. The Morgan fingerprint density at radius 2 is 1.59 bits per heavy atom. The van der Waals surface area contributed by atoms with Crippen molar-refractivity contribution >= 4 is 22.9 Å². The van der Waals surface area contributed by atoms with E-state index >= 15 is 0 Å². The van der Waals surface area contributed by atoms with Gasteiger partial charge in [0.25, 0.3) is 5.91 Å². The Bertz CT molecular complexity index is 781. The van der Waals surface area contributed by atoms with Gasteiger partial charge in [-0.2, -0.15) is 0 Å². The molecule has 0 atom stereocenters. The molecule has 0 saturated heterocycles. The monoisotopic (exact) mass is 308 g/mol. The first-order chi connectivity index (χ1) is 10.7. The number of rotatable bonds is 3. The lowest BCUT2D eigenvalue weighted by atomic mass is 10.2. The zero-order valence-electron chi connectivity index (χ0n) is 12.5. The molecule has 1 amide bonds. The Hall–Kier alpha value is -2.46. The van der Waals surface area contributed by atoms with Gasteiger partial charge in [0.05, 0.1) is 0 Å². The van der Waals surface area contributed by atoms with E-state index in [1.54, 1.807) is 23.3 Å². The van der Waals surface area contributed by atoms with Crippen molar-refractivity contribution in [2.45, 2.75) is 6.92 Å². The molecule has 0 radical (unpaired) electrons. The van der Waals surface area contributed by atoms with E-state index in [0.717, 1.165) is 21.1 Å². The van der Waals surface area contributed by atoms with Crippen LogP contribution >= 0.6 is 11.3 Å². The van der Waals surface area contributed by atoms with E-state index in [9.17, 15) is 4.79 Å². The van der Waals surface area contributed by atoms with Crippen LogP contribution in [0.2, 0.25) is 0 Å². The first kappa shape index (κ1) is 14.5. The third-order valence-electron chi connectivity index (χ3n) is 3.47. The minimum atomic E-state index is -0.0814. The molecule has 0 aliphatic carbocycles. The summed E-state index contributed by atoms with van der Waals surface area (Å²) in [5, 5.41) is 0.878. The number of aromatic nitrogens is 1. The van der Waals surface area contributed by atoms with E-state index in [2.05, 4.69) is 4.98 Å². The molecule has 110 valence electrons. The third kappa shape index (κ3) is 2.78. The number of carbonyl (C=O) groups is 1. The van der Waals surface area contributed by atoms with Crippen molar-refractivity contribution in [2.24, 2.45) is 0 Å². The van der Waals surface area contributed by atoms with E-state index in [4.69, 9.17) is 0 Å². The van der Waals surface area contributed by atoms with Crippen LogP contribution in [0.4, 0.5) is 5.69 Å². The molecule has 0 aliphatic rings. The highest BCUT2D eigenvalue weighted by molar-refractivity contribution is 7.15. The molecule has 0 saturated carbocycles. The predicted octanol–water partition coefficient (Wildman–Crippen LogP) is 4.40. The van der Waals surface area contributed by atoms with Gasteiger partial charge >= 0.3 is 0 Å². The molecule has 0 bridgehead atoms. The second-order valence-corrected chi connectivity index (χ2v) is 6.19. The highest BCUT2D eigenvalue weighted by atomic mass is 32.1. The van der Waals surface area contributed by atoms with Gasteiger partial charge in [-0.05, 0) is 19.1 Å². The van der Waals surface area contributed by atoms with Crippen molar-refractivity contribution in [3.05, 3.63) is 71.2 Å². The van der Waals surface area contributed by atoms with Gasteiger partial charge in [0.15, 0.2) is 0 Å². The summed E-state index contributed by atoms with van der Waals surface area (Å²) in [4.78, 5) is 19.8. The fourth-order valence-corrected chi connectivity index (χ4v) is 3.14. The summed E-state index contributed by atoms with van der Waals surface area (Å²) in [5.41, 5.74) is 2.42. The Morgan fingerprint density at radius 1 is 1.00 bits per heavy atom. The summed E-state index contributed by atoms with van der Waals surface area (Å²) >= 11 is 1.55. The van der Waals surface area contributed by atoms with Crippen LogP contribution in [0.3, 0.4) is 0 Å². The van der Waals surface area contributed by atoms with E-state index < -0.39 is 0 Å². The topological polar surface area (TPSA) is 33.2 Å². The molecule has 22 heavy (non-hydrogen) atoms. The van der Waals surface area contributed by atoms with Gasteiger partial charge in [-0.3, -0.25) is 4.79 Å². The van der Waals surface area contributed by atoms with Gasteiger partial charge in [0.2, 0.25) is 0 Å². The zero-order valence-corrected chi connectivity index (χ0v) is 13.3. The highest BCUT2D eigenvalue weighted by Gasteiger charge is 2.20. The van der Waals surface area contributed by atoms with Crippen molar-refractivity contribution in [1.29, 1.82) is 0 Å². The van der Waals surface area contributed by atoms with E-state index in [-0.39, 0.29) is 5.91 Å². The van der Waals surface area contributed by atoms with Crippen molar-refractivity contribution < 1.29 is 4.79 Å². The Morgan fingerprint density at radius 3 is 2.23 bits per heavy atom. The van der Waals surface area contributed by atoms with Crippen LogP contribution in [0.5, 0.6) is 0 Å². The molecule has 0 N–H and O–H groups in total. The van der Waals surface area contributed by atoms with Gasteiger partial charge in [0.1, 0.15) is 10.7 Å². The molecule has 3 rings (SSSR count). The molecular weight excluding hydrogens is 292 g/mol. The van der Waals surface area contributed by atoms with Crippen molar-refractivity contribution in [3.8, 4) is 10.6 Å². The Kier molecular flexibility index (Phi) is 4.02. The van der Waals surface area contributed by atoms with Crippen molar-refractivity contribution in [2.75, 3.05) is 11.9 Å². The van der Waals surface area contributed by atoms with Crippen molar-refractivity contribution in [3.63, 3.8) is 0 Å². The van der Waals surface area contributed by atoms with Crippen LogP contribution < -0.4 is 4.90 Å². The normalized spacial score (nSPS) is 10.5. The lowest BCUT2D eigenvalue weighted by Gasteiger charge is -2.16. The van der Waals surface area contributed by atoms with E-state index in [1.807, 2.05) is 67.6 Å². The number of para-hydroxylation sites is 1. The summed E-state index contributed by atoms with van der Waals surface area (Å²) in [5.74, 6) is -0.0814. The highest BCUT2D eigenvalue weighted by Crippen LogP contribution is 2.28. The van der Waals surface area contributed by atoms with E-state index in [0.29, 0.717) is 5.69 Å². The van der Waals surface area contributed by atoms with Gasteiger partial charge in [-0.15, -0.1) is 11.3 Å². The maximum Gasteiger partial charge on any atom is 0.277 e. The SMILES string of the molecule is Cc1sc(-c2ccccc2)nc1C(=O)N(C)c1ccccc1. The van der Waals surface area contributed by atoms with Crippen LogP contribution in [0.15, 0.2) is 60.7 Å². The Labute approximate surface area is 133 Å². The molecule has 1 aromatic heterocycles. The van der Waals surface area contributed by atoms with Gasteiger partial charge in [0, 0.05) is 23.2 Å². The third-order valence-corrected chi connectivity index (χ3v) is 4.49. The minimum absolute atomic E-state index is 0.0814. The summed E-state index contributed by atoms with van der Waals surface area (Å²) in [6.45, 7) is 1.94. The maximum absolute atomic E-state index is 12.7. The molecule has 0 fully saturated rings. The summed E-state index contributed by atoms with van der Waals surface area (Å²) in [6.07, 6.45) is 0. The number of carbonyl (C=O) groups excluding carboxylic acids is 1. The zero-order chi connectivity index (χ0) is 15.5. The predicted molar refractivity (Wildman–Crippen MR) is 91.5 cm³/mol. The fourth-order valence-electron chi connectivity index (χ4n) is 2.23. The first-order valence-electron chi connectivity index (χ1n) is 7.03. The van der Waals surface area contributed by atoms with Crippen LogP contribution in [0, 0.1) is 6.92 Å². The van der Waals surface area contributed by atoms with Crippen molar-refractivity contribution in [1.82, 2.24) is 4.98 Å². The van der Waals surface area contributed by atoms with Crippen LogP contribution in [0.25, 0.3) is 10.6 Å².